The van der Waals surface area contributed by atoms with Crippen molar-refractivity contribution in [1.29, 1.82) is 0 Å². The second-order valence-corrected chi connectivity index (χ2v) is 8.53. The summed E-state index contributed by atoms with van der Waals surface area (Å²) in [5, 5.41) is 9.45. The van der Waals surface area contributed by atoms with Crippen molar-refractivity contribution < 1.29 is 9.59 Å². The van der Waals surface area contributed by atoms with Crippen LogP contribution in [0.5, 0.6) is 0 Å². The van der Waals surface area contributed by atoms with Gasteiger partial charge < -0.3 is 16.0 Å². The Balaban J connectivity index is 1.69. The molecule has 0 heterocycles. The minimum absolute atomic E-state index is 0.0190. The normalized spacial score (nSPS) is 15.8. The number of benzene rings is 1. The zero-order valence-electron chi connectivity index (χ0n) is 17.1. The summed E-state index contributed by atoms with van der Waals surface area (Å²) in [6.45, 7) is 7.59. The van der Waals surface area contributed by atoms with Crippen LogP contribution in [-0.2, 0) is 11.3 Å². The molecule has 1 aromatic carbocycles. The molecular weight excluding hydrogens is 338 g/mol. The molecule has 0 aliphatic heterocycles. The van der Waals surface area contributed by atoms with E-state index in [1.165, 1.54) is 38.5 Å². The van der Waals surface area contributed by atoms with E-state index in [1.807, 2.05) is 45.0 Å². The van der Waals surface area contributed by atoms with E-state index in [9.17, 15) is 9.59 Å². The van der Waals surface area contributed by atoms with Crippen LogP contribution in [0.15, 0.2) is 24.3 Å². The molecule has 0 aromatic heterocycles. The van der Waals surface area contributed by atoms with Gasteiger partial charge in [0.25, 0.3) is 5.91 Å². The molecule has 150 valence electrons. The van der Waals surface area contributed by atoms with Gasteiger partial charge in [-0.25, -0.2) is 0 Å². The Kier molecular flexibility index (Phi) is 8.29. The highest BCUT2D eigenvalue weighted by molar-refractivity contribution is 5.94. The molecule has 2 rings (SSSR count). The van der Waals surface area contributed by atoms with Crippen LogP contribution in [-0.4, -0.2) is 30.9 Å². The molecule has 1 saturated carbocycles. The summed E-state index contributed by atoms with van der Waals surface area (Å²) in [5.41, 5.74) is 1.24. The number of nitrogens with one attached hydrogen (secondary N) is 3. The van der Waals surface area contributed by atoms with E-state index in [1.54, 1.807) is 0 Å². The Labute approximate surface area is 163 Å². The molecule has 1 fully saturated rings. The lowest BCUT2D eigenvalue weighted by molar-refractivity contribution is -0.128. The monoisotopic (exact) mass is 373 g/mol. The van der Waals surface area contributed by atoms with Crippen LogP contribution in [0.4, 0.5) is 0 Å². The van der Waals surface area contributed by atoms with Crippen LogP contribution in [0.2, 0.25) is 0 Å². The number of rotatable bonds is 7. The van der Waals surface area contributed by atoms with Crippen molar-refractivity contribution in [2.45, 2.75) is 71.9 Å². The Morgan fingerprint density at radius 1 is 0.926 bits per heavy atom. The van der Waals surface area contributed by atoms with Crippen molar-refractivity contribution in [3.63, 3.8) is 0 Å². The fourth-order valence-electron chi connectivity index (χ4n) is 3.26. The molecule has 0 saturated heterocycles. The van der Waals surface area contributed by atoms with Crippen LogP contribution in [0.3, 0.4) is 0 Å². The Morgan fingerprint density at radius 3 is 2.15 bits per heavy atom. The van der Waals surface area contributed by atoms with E-state index in [2.05, 4.69) is 16.0 Å². The van der Waals surface area contributed by atoms with Gasteiger partial charge in [-0.2, -0.15) is 0 Å². The lowest BCUT2D eigenvalue weighted by Crippen LogP contribution is -2.36. The van der Waals surface area contributed by atoms with Crippen LogP contribution in [0, 0.1) is 5.41 Å². The predicted octanol–water partition coefficient (Wildman–Crippen LogP) is 3.39. The van der Waals surface area contributed by atoms with Gasteiger partial charge >= 0.3 is 0 Å². The average Bonchev–Trinajstić information content (AvgIpc) is 2.91. The van der Waals surface area contributed by atoms with Crippen molar-refractivity contribution in [1.82, 2.24) is 16.0 Å². The maximum absolute atomic E-state index is 12.3. The van der Waals surface area contributed by atoms with Crippen LogP contribution >= 0.6 is 0 Å². The van der Waals surface area contributed by atoms with Gasteiger partial charge in [0.15, 0.2) is 0 Å². The largest absolute Gasteiger partial charge is 0.352 e. The molecule has 27 heavy (non-hydrogen) atoms. The number of carbonyl (C=O) groups excluding carboxylic acids is 2. The third kappa shape index (κ3) is 7.71. The summed E-state index contributed by atoms with van der Waals surface area (Å²) in [6, 6.07) is 8.01. The molecule has 1 aliphatic carbocycles. The minimum atomic E-state index is -0.398. The topological polar surface area (TPSA) is 70.2 Å². The number of hydrogen-bond donors (Lipinski definition) is 3. The van der Waals surface area contributed by atoms with Crippen molar-refractivity contribution in [2.75, 3.05) is 13.1 Å². The van der Waals surface area contributed by atoms with Gasteiger partial charge in [-0.1, -0.05) is 58.6 Å². The first-order valence-electron chi connectivity index (χ1n) is 10.2. The molecule has 0 bridgehead atoms. The van der Waals surface area contributed by atoms with Crippen LogP contribution < -0.4 is 16.0 Å². The lowest BCUT2D eigenvalue weighted by Gasteiger charge is -2.17. The van der Waals surface area contributed by atoms with E-state index in [-0.39, 0.29) is 11.8 Å². The smallest absolute Gasteiger partial charge is 0.251 e. The van der Waals surface area contributed by atoms with E-state index in [0.717, 1.165) is 12.1 Å². The summed E-state index contributed by atoms with van der Waals surface area (Å²) in [7, 11) is 0. The van der Waals surface area contributed by atoms with Gasteiger partial charge in [-0.15, -0.1) is 0 Å². The van der Waals surface area contributed by atoms with Crippen molar-refractivity contribution in [3.05, 3.63) is 35.4 Å². The molecule has 5 heteroatoms. The zero-order valence-corrected chi connectivity index (χ0v) is 17.1. The van der Waals surface area contributed by atoms with Crippen LogP contribution in [0.25, 0.3) is 0 Å². The summed E-state index contributed by atoms with van der Waals surface area (Å²) >= 11 is 0. The minimum Gasteiger partial charge on any atom is -0.352 e. The highest BCUT2D eigenvalue weighted by Gasteiger charge is 2.20. The first-order chi connectivity index (χ1) is 12.9. The lowest BCUT2D eigenvalue weighted by atomic mass is 9.95. The summed E-state index contributed by atoms with van der Waals surface area (Å²) < 4.78 is 0. The van der Waals surface area contributed by atoms with E-state index >= 15 is 0 Å². The van der Waals surface area contributed by atoms with Gasteiger partial charge in [0.1, 0.15) is 0 Å². The van der Waals surface area contributed by atoms with Crippen molar-refractivity contribution in [3.8, 4) is 0 Å². The highest BCUT2D eigenvalue weighted by atomic mass is 16.2. The average molecular weight is 374 g/mol. The fraction of sp³-hybridized carbons (Fsp3) is 0.636. The number of amides is 2. The first kappa shape index (κ1) is 21.4. The third-order valence-corrected chi connectivity index (χ3v) is 5.05. The van der Waals surface area contributed by atoms with E-state index in [0.29, 0.717) is 24.7 Å². The Bertz CT molecular complexity index is 597. The maximum atomic E-state index is 12.3. The Morgan fingerprint density at radius 2 is 1.56 bits per heavy atom. The molecule has 2 amide bonds. The molecule has 3 N–H and O–H groups in total. The summed E-state index contributed by atoms with van der Waals surface area (Å²) in [4.78, 5) is 24.2. The van der Waals surface area contributed by atoms with Crippen molar-refractivity contribution in [2.24, 2.45) is 5.41 Å². The van der Waals surface area contributed by atoms with Crippen LogP contribution in [0.1, 0.15) is 75.2 Å². The second kappa shape index (κ2) is 10.5. The van der Waals surface area contributed by atoms with Crippen molar-refractivity contribution >= 4 is 11.8 Å². The van der Waals surface area contributed by atoms with Gasteiger partial charge in [0, 0.05) is 36.7 Å². The molecular formula is C22H35N3O2. The number of carbonyl (C=O) groups is 2. The highest BCUT2D eigenvalue weighted by Crippen LogP contribution is 2.17. The van der Waals surface area contributed by atoms with Gasteiger partial charge in [-0.3, -0.25) is 9.59 Å². The quantitative estimate of drug-likeness (QED) is 0.507. The molecule has 1 aromatic rings. The summed E-state index contributed by atoms with van der Waals surface area (Å²) in [5.74, 6) is -0.0339. The third-order valence-electron chi connectivity index (χ3n) is 5.05. The van der Waals surface area contributed by atoms with E-state index in [4.69, 9.17) is 0 Å². The fourth-order valence-corrected chi connectivity index (χ4v) is 3.26. The molecule has 0 unspecified atom stereocenters. The standard InChI is InChI=1S/C22H35N3O2/c1-22(2,3)21(27)25-16-17-10-12-18(13-11-17)20(26)24-15-14-23-19-8-6-4-5-7-9-19/h10-13,19,23H,4-9,14-16H2,1-3H3,(H,24,26)(H,25,27). The maximum Gasteiger partial charge on any atom is 0.251 e. The molecule has 0 atom stereocenters. The molecule has 5 nitrogen and oxygen atoms in total. The first-order valence-corrected chi connectivity index (χ1v) is 10.2. The predicted molar refractivity (Wildman–Crippen MR) is 110 cm³/mol. The SMILES string of the molecule is CC(C)(C)C(=O)NCc1ccc(C(=O)NCCNC2CCCCCC2)cc1. The van der Waals surface area contributed by atoms with Gasteiger partial charge in [0.05, 0.1) is 0 Å². The van der Waals surface area contributed by atoms with Gasteiger partial charge in [-0.05, 0) is 30.5 Å². The molecule has 1 aliphatic rings. The summed E-state index contributed by atoms with van der Waals surface area (Å²) in [6.07, 6.45) is 7.83. The molecule has 0 radical (unpaired) electrons. The number of hydrogen-bond acceptors (Lipinski definition) is 3. The van der Waals surface area contributed by atoms with E-state index < -0.39 is 5.41 Å². The molecule has 0 spiro atoms. The van der Waals surface area contributed by atoms with Gasteiger partial charge in [0.2, 0.25) is 5.91 Å². The second-order valence-electron chi connectivity index (χ2n) is 8.53. The zero-order chi connectivity index (χ0) is 19.7. The Hall–Kier alpha value is -1.88.